The second-order valence-electron chi connectivity index (χ2n) is 2.69. The number of nitrogens with zero attached hydrogens (tertiary/aromatic N) is 2. The second kappa shape index (κ2) is 3.33. The standard InChI is InChI=1S/C8H9N3OS/c1-2-6-9-3-5-8(10-6)11-7(12)4-13-5/h3H,2,4H2,1H3,(H,9,10,11,12). The molecular weight excluding hydrogens is 186 g/mol. The molecule has 0 spiro atoms. The van der Waals surface area contributed by atoms with E-state index in [1.807, 2.05) is 6.92 Å². The number of carbonyl (C=O) groups excluding carboxylic acids is 1. The van der Waals surface area contributed by atoms with Gasteiger partial charge in [0.25, 0.3) is 0 Å². The Bertz CT molecular complexity index is 353. The molecule has 1 aliphatic rings. The maximum Gasteiger partial charge on any atom is 0.235 e. The normalized spacial score (nSPS) is 15.0. The van der Waals surface area contributed by atoms with Gasteiger partial charge in [-0.3, -0.25) is 4.79 Å². The van der Waals surface area contributed by atoms with Crippen molar-refractivity contribution in [2.24, 2.45) is 0 Å². The first-order valence-electron chi connectivity index (χ1n) is 4.08. The molecule has 2 heterocycles. The fraction of sp³-hybridized carbons (Fsp3) is 0.375. The number of hydrogen-bond donors (Lipinski definition) is 1. The van der Waals surface area contributed by atoms with Gasteiger partial charge in [0, 0.05) is 12.6 Å². The topological polar surface area (TPSA) is 54.9 Å². The average molecular weight is 195 g/mol. The molecule has 0 fully saturated rings. The van der Waals surface area contributed by atoms with Gasteiger partial charge in [0.1, 0.15) is 11.6 Å². The van der Waals surface area contributed by atoms with E-state index < -0.39 is 0 Å². The van der Waals surface area contributed by atoms with Crippen LogP contribution in [0.25, 0.3) is 0 Å². The van der Waals surface area contributed by atoms with E-state index >= 15 is 0 Å². The summed E-state index contributed by atoms with van der Waals surface area (Å²) in [6.07, 6.45) is 2.55. The van der Waals surface area contributed by atoms with Gasteiger partial charge >= 0.3 is 0 Å². The van der Waals surface area contributed by atoms with Gasteiger partial charge in [-0.2, -0.15) is 0 Å². The molecule has 1 N–H and O–H groups in total. The van der Waals surface area contributed by atoms with Crippen molar-refractivity contribution in [1.82, 2.24) is 9.97 Å². The molecule has 0 aliphatic carbocycles. The highest BCUT2D eigenvalue weighted by molar-refractivity contribution is 8.00. The molecule has 0 atom stereocenters. The first kappa shape index (κ1) is 8.50. The van der Waals surface area contributed by atoms with Crippen LogP contribution < -0.4 is 5.32 Å². The number of hydrogen-bond acceptors (Lipinski definition) is 4. The van der Waals surface area contributed by atoms with Crippen molar-refractivity contribution in [3.05, 3.63) is 12.0 Å². The van der Waals surface area contributed by atoms with Gasteiger partial charge in [-0.1, -0.05) is 6.92 Å². The zero-order valence-electron chi connectivity index (χ0n) is 7.20. The van der Waals surface area contributed by atoms with Crippen molar-refractivity contribution in [1.29, 1.82) is 0 Å². The summed E-state index contributed by atoms with van der Waals surface area (Å²) in [6.45, 7) is 1.99. The van der Waals surface area contributed by atoms with E-state index in [1.165, 1.54) is 11.8 Å². The Morgan fingerprint density at radius 1 is 1.69 bits per heavy atom. The van der Waals surface area contributed by atoms with Crippen LogP contribution in [-0.2, 0) is 11.2 Å². The Morgan fingerprint density at radius 2 is 2.54 bits per heavy atom. The number of anilines is 1. The fourth-order valence-corrected chi connectivity index (χ4v) is 1.80. The minimum atomic E-state index is 0.0123. The first-order valence-corrected chi connectivity index (χ1v) is 5.06. The Kier molecular flexibility index (Phi) is 2.18. The van der Waals surface area contributed by atoms with Crippen LogP contribution in [0.15, 0.2) is 11.1 Å². The highest BCUT2D eigenvalue weighted by atomic mass is 32.2. The van der Waals surface area contributed by atoms with Crippen LogP contribution in [0, 0.1) is 0 Å². The van der Waals surface area contributed by atoms with E-state index in [2.05, 4.69) is 15.3 Å². The lowest BCUT2D eigenvalue weighted by Crippen LogP contribution is -2.20. The summed E-state index contributed by atoms with van der Waals surface area (Å²) in [5, 5.41) is 2.72. The molecular formula is C8H9N3OS. The number of carbonyl (C=O) groups is 1. The number of rotatable bonds is 1. The van der Waals surface area contributed by atoms with Crippen molar-refractivity contribution in [2.45, 2.75) is 18.2 Å². The molecule has 1 amide bonds. The van der Waals surface area contributed by atoms with E-state index in [0.717, 1.165) is 17.1 Å². The largest absolute Gasteiger partial charge is 0.309 e. The van der Waals surface area contributed by atoms with Crippen LogP contribution in [0.4, 0.5) is 5.82 Å². The van der Waals surface area contributed by atoms with Crippen molar-refractivity contribution < 1.29 is 4.79 Å². The third-order valence-corrected chi connectivity index (χ3v) is 2.75. The first-order chi connectivity index (χ1) is 6.29. The van der Waals surface area contributed by atoms with Crippen LogP contribution in [-0.4, -0.2) is 21.6 Å². The summed E-state index contributed by atoms with van der Waals surface area (Å²) < 4.78 is 0. The third kappa shape index (κ3) is 1.65. The molecule has 1 aliphatic heterocycles. The van der Waals surface area contributed by atoms with E-state index in [-0.39, 0.29) is 5.91 Å². The molecule has 0 bridgehead atoms. The quantitative estimate of drug-likeness (QED) is 0.728. The lowest BCUT2D eigenvalue weighted by atomic mass is 10.4. The van der Waals surface area contributed by atoms with E-state index in [1.54, 1.807) is 6.20 Å². The number of nitrogens with one attached hydrogen (secondary N) is 1. The summed E-state index contributed by atoms with van der Waals surface area (Å²) >= 11 is 1.48. The predicted molar refractivity (Wildman–Crippen MR) is 50.8 cm³/mol. The number of aryl methyl sites for hydroxylation is 1. The second-order valence-corrected chi connectivity index (χ2v) is 3.71. The number of fused-ring (bicyclic) bond motifs is 1. The molecule has 2 rings (SSSR count). The zero-order valence-corrected chi connectivity index (χ0v) is 8.02. The van der Waals surface area contributed by atoms with Gasteiger partial charge in [0.05, 0.1) is 10.6 Å². The van der Waals surface area contributed by atoms with Gasteiger partial charge in [0.2, 0.25) is 5.91 Å². The molecule has 4 nitrogen and oxygen atoms in total. The smallest absolute Gasteiger partial charge is 0.235 e. The maximum absolute atomic E-state index is 11.0. The SMILES string of the molecule is CCc1ncc2c(n1)NC(=O)CS2. The Balaban J connectivity index is 2.38. The minimum Gasteiger partial charge on any atom is -0.309 e. The van der Waals surface area contributed by atoms with Crippen LogP contribution in [0.2, 0.25) is 0 Å². The molecule has 5 heteroatoms. The molecule has 0 saturated heterocycles. The summed E-state index contributed by atoms with van der Waals surface area (Å²) in [5.41, 5.74) is 0. The van der Waals surface area contributed by atoms with Gasteiger partial charge in [-0.25, -0.2) is 9.97 Å². The fourth-order valence-electron chi connectivity index (χ4n) is 1.08. The van der Waals surface area contributed by atoms with Gasteiger partial charge in [-0.05, 0) is 0 Å². The van der Waals surface area contributed by atoms with Crippen LogP contribution >= 0.6 is 11.8 Å². The molecule has 0 saturated carbocycles. The monoisotopic (exact) mass is 195 g/mol. The van der Waals surface area contributed by atoms with Crippen molar-refractivity contribution in [3.8, 4) is 0 Å². The third-order valence-electron chi connectivity index (χ3n) is 1.74. The highest BCUT2D eigenvalue weighted by Crippen LogP contribution is 2.28. The number of thioether (sulfide) groups is 1. The van der Waals surface area contributed by atoms with Crippen LogP contribution in [0.3, 0.4) is 0 Å². The summed E-state index contributed by atoms with van der Waals surface area (Å²) in [7, 11) is 0. The Hall–Kier alpha value is -1.10. The number of amides is 1. The lowest BCUT2D eigenvalue weighted by molar-refractivity contribution is -0.113. The summed E-state index contributed by atoms with van der Waals surface area (Å²) in [5.74, 6) is 1.90. The maximum atomic E-state index is 11.0. The van der Waals surface area contributed by atoms with Gasteiger partial charge < -0.3 is 5.32 Å². The van der Waals surface area contributed by atoms with E-state index in [4.69, 9.17) is 0 Å². The average Bonchev–Trinajstić information content (AvgIpc) is 2.16. The van der Waals surface area contributed by atoms with Crippen LogP contribution in [0.5, 0.6) is 0 Å². The Morgan fingerprint density at radius 3 is 3.31 bits per heavy atom. The molecule has 1 aromatic heterocycles. The van der Waals surface area contributed by atoms with Gasteiger partial charge in [-0.15, -0.1) is 11.8 Å². The highest BCUT2D eigenvalue weighted by Gasteiger charge is 2.16. The molecule has 13 heavy (non-hydrogen) atoms. The molecule has 0 unspecified atom stereocenters. The number of aromatic nitrogens is 2. The van der Waals surface area contributed by atoms with E-state index in [0.29, 0.717) is 11.6 Å². The molecule has 1 aromatic rings. The molecule has 68 valence electrons. The van der Waals surface area contributed by atoms with E-state index in [9.17, 15) is 4.79 Å². The van der Waals surface area contributed by atoms with Crippen LogP contribution in [0.1, 0.15) is 12.7 Å². The molecule has 0 radical (unpaired) electrons. The van der Waals surface area contributed by atoms with Gasteiger partial charge in [0.15, 0.2) is 0 Å². The lowest BCUT2D eigenvalue weighted by Gasteiger charge is -2.14. The molecule has 0 aromatic carbocycles. The van der Waals surface area contributed by atoms with Crippen molar-refractivity contribution in [3.63, 3.8) is 0 Å². The predicted octanol–water partition coefficient (Wildman–Crippen LogP) is 1.08. The van der Waals surface area contributed by atoms with Crippen molar-refractivity contribution in [2.75, 3.05) is 11.1 Å². The zero-order chi connectivity index (χ0) is 9.26. The summed E-state index contributed by atoms with van der Waals surface area (Å²) in [4.78, 5) is 20.4. The Labute approximate surface area is 80.2 Å². The summed E-state index contributed by atoms with van der Waals surface area (Å²) in [6, 6.07) is 0. The van der Waals surface area contributed by atoms with Crippen molar-refractivity contribution >= 4 is 23.5 Å². The minimum absolute atomic E-state index is 0.0123.